The van der Waals surface area contributed by atoms with Gasteiger partial charge in [-0.15, -0.1) is 0 Å². The van der Waals surface area contributed by atoms with E-state index in [4.69, 9.17) is 0 Å². The predicted octanol–water partition coefficient (Wildman–Crippen LogP) is 1.78. The number of ether oxygens (including phenoxy) is 1. The van der Waals surface area contributed by atoms with Crippen LogP contribution in [0.1, 0.15) is 48.2 Å². The second-order valence-electron chi connectivity index (χ2n) is 5.62. The summed E-state index contributed by atoms with van der Waals surface area (Å²) in [6, 6.07) is 3.27. The van der Waals surface area contributed by atoms with Crippen LogP contribution in [-0.4, -0.2) is 37.3 Å². The van der Waals surface area contributed by atoms with Gasteiger partial charge in [0.05, 0.1) is 24.9 Å². The van der Waals surface area contributed by atoms with E-state index in [9.17, 15) is 13.2 Å². The summed E-state index contributed by atoms with van der Waals surface area (Å²) in [5.41, 5.74) is 0.985. The molecule has 1 aliphatic rings. The van der Waals surface area contributed by atoms with E-state index in [1.165, 1.54) is 36.9 Å². The number of methoxy groups -OCH3 is 1. The number of carbonyl (C=O) groups is 1. The van der Waals surface area contributed by atoms with E-state index in [2.05, 4.69) is 9.72 Å². The van der Waals surface area contributed by atoms with Crippen molar-refractivity contribution in [2.45, 2.75) is 38.6 Å². The van der Waals surface area contributed by atoms with Crippen LogP contribution in [0.2, 0.25) is 0 Å². The Balaban J connectivity index is 1.99. The standard InChI is InChI=1S/C15H22N2O4S/c1-21-15(18)13-7-8-14(16-9-13)11-17(22(19)20)10-12-5-3-2-4-6-12/h7-9,12,22H,2-6,10-11H2,1H3. The number of rotatable bonds is 6. The molecule has 0 atom stereocenters. The normalized spacial score (nSPS) is 16.1. The molecule has 0 unspecified atom stereocenters. The minimum Gasteiger partial charge on any atom is -0.465 e. The molecule has 0 saturated heterocycles. The van der Waals surface area contributed by atoms with Crippen LogP contribution in [0.25, 0.3) is 0 Å². The number of nitrogens with zero attached hydrogens (tertiary/aromatic N) is 2. The summed E-state index contributed by atoms with van der Waals surface area (Å²) in [5, 5.41) is 0. The fourth-order valence-corrected chi connectivity index (χ4v) is 3.42. The first kappa shape index (κ1) is 16.9. The van der Waals surface area contributed by atoms with Gasteiger partial charge in [0.25, 0.3) is 0 Å². The van der Waals surface area contributed by atoms with Gasteiger partial charge in [0.1, 0.15) is 0 Å². The van der Waals surface area contributed by atoms with Crippen LogP contribution in [0.5, 0.6) is 0 Å². The maximum atomic E-state index is 11.5. The van der Waals surface area contributed by atoms with E-state index in [0.29, 0.717) is 23.7 Å². The van der Waals surface area contributed by atoms with Gasteiger partial charge in [-0.25, -0.2) is 13.2 Å². The van der Waals surface area contributed by atoms with Crippen molar-refractivity contribution in [2.75, 3.05) is 13.7 Å². The second-order valence-corrected chi connectivity index (χ2v) is 6.66. The smallest absolute Gasteiger partial charge is 0.339 e. The highest BCUT2D eigenvalue weighted by Crippen LogP contribution is 2.24. The topological polar surface area (TPSA) is 76.6 Å². The van der Waals surface area contributed by atoms with Gasteiger partial charge < -0.3 is 4.74 Å². The number of aromatic nitrogens is 1. The fourth-order valence-electron chi connectivity index (χ4n) is 2.80. The maximum absolute atomic E-state index is 11.5. The quantitative estimate of drug-likeness (QED) is 0.637. The lowest BCUT2D eigenvalue weighted by Gasteiger charge is -2.25. The van der Waals surface area contributed by atoms with Gasteiger partial charge in [0.2, 0.25) is 10.9 Å². The van der Waals surface area contributed by atoms with Gasteiger partial charge in [-0.1, -0.05) is 19.3 Å². The zero-order valence-corrected chi connectivity index (χ0v) is 13.6. The van der Waals surface area contributed by atoms with Gasteiger partial charge in [-0.05, 0) is 30.9 Å². The Morgan fingerprint density at radius 1 is 1.32 bits per heavy atom. The Bertz CT molecular complexity index is 557. The molecule has 0 aliphatic heterocycles. The summed E-state index contributed by atoms with van der Waals surface area (Å²) in [6.07, 6.45) is 7.21. The molecular formula is C15H22N2O4S. The lowest BCUT2D eigenvalue weighted by atomic mass is 9.89. The second kappa shape index (κ2) is 8.24. The summed E-state index contributed by atoms with van der Waals surface area (Å²) in [7, 11) is -1.32. The van der Waals surface area contributed by atoms with E-state index in [-0.39, 0.29) is 6.54 Å². The van der Waals surface area contributed by atoms with Crippen LogP contribution >= 0.6 is 0 Å². The highest BCUT2D eigenvalue weighted by Gasteiger charge is 2.19. The molecule has 1 aromatic rings. The van der Waals surface area contributed by atoms with Crippen LogP contribution in [0.4, 0.5) is 0 Å². The number of pyridine rings is 1. The van der Waals surface area contributed by atoms with Gasteiger partial charge in [0, 0.05) is 12.7 Å². The minimum atomic E-state index is -2.63. The number of carbonyl (C=O) groups excluding carboxylic acids is 1. The first-order chi connectivity index (χ1) is 10.6. The van der Waals surface area contributed by atoms with Crippen LogP contribution in [0.15, 0.2) is 18.3 Å². The van der Waals surface area contributed by atoms with Crippen LogP contribution in [0.3, 0.4) is 0 Å². The number of thiol groups is 1. The Morgan fingerprint density at radius 3 is 2.59 bits per heavy atom. The van der Waals surface area contributed by atoms with Crippen LogP contribution < -0.4 is 0 Å². The van der Waals surface area contributed by atoms with Gasteiger partial charge in [-0.2, -0.15) is 4.31 Å². The van der Waals surface area contributed by atoms with Crippen molar-refractivity contribution in [2.24, 2.45) is 5.92 Å². The van der Waals surface area contributed by atoms with Crippen molar-refractivity contribution in [1.82, 2.24) is 9.29 Å². The maximum Gasteiger partial charge on any atom is 0.339 e. The highest BCUT2D eigenvalue weighted by molar-refractivity contribution is 7.69. The summed E-state index contributed by atoms with van der Waals surface area (Å²) >= 11 is 0. The Morgan fingerprint density at radius 2 is 2.05 bits per heavy atom. The van der Waals surface area contributed by atoms with Crippen molar-refractivity contribution in [1.29, 1.82) is 0 Å². The Kier molecular flexibility index (Phi) is 6.33. The number of hydrogen-bond acceptors (Lipinski definition) is 5. The van der Waals surface area contributed by atoms with Crippen LogP contribution in [0, 0.1) is 5.92 Å². The van der Waals surface area contributed by atoms with E-state index in [0.717, 1.165) is 12.8 Å². The largest absolute Gasteiger partial charge is 0.465 e. The molecule has 1 aliphatic carbocycles. The lowest BCUT2D eigenvalue weighted by molar-refractivity contribution is 0.0600. The molecule has 0 aromatic carbocycles. The minimum absolute atomic E-state index is 0.247. The third-order valence-electron chi connectivity index (χ3n) is 4.01. The summed E-state index contributed by atoms with van der Waals surface area (Å²) < 4.78 is 29.0. The molecule has 6 nitrogen and oxygen atoms in total. The molecule has 0 N–H and O–H groups in total. The Labute approximate surface area is 132 Å². The lowest BCUT2D eigenvalue weighted by Crippen LogP contribution is -2.29. The monoisotopic (exact) mass is 326 g/mol. The highest BCUT2D eigenvalue weighted by atomic mass is 32.2. The van der Waals surface area contributed by atoms with E-state index < -0.39 is 16.9 Å². The van der Waals surface area contributed by atoms with E-state index >= 15 is 0 Å². The molecule has 22 heavy (non-hydrogen) atoms. The molecule has 7 heteroatoms. The first-order valence-electron chi connectivity index (χ1n) is 7.52. The van der Waals surface area contributed by atoms with E-state index in [1.807, 2.05) is 0 Å². The van der Waals surface area contributed by atoms with Crippen LogP contribution in [-0.2, 0) is 22.2 Å². The Hall–Kier alpha value is -1.47. The third kappa shape index (κ3) is 4.78. The average molecular weight is 326 g/mol. The molecule has 122 valence electrons. The van der Waals surface area contributed by atoms with Gasteiger partial charge in [-0.3, -0.25) is 4.98 Å². The SMILES string of the molecule is COC(=O)c1ccc(CN(CC2CCCCC2)[SH](=O)=O)nc1. The van der Waals surface area contributed by atoms with Crippen molar-refractivity contribution >= 4 is 16.9 Å². The molecule has 0 radical (unpaired) electrons. The fraction of sp³-hybridized carbons (Fsp3) is 0.600. The number of hydrogen-bond donors (Lipinski definition) is 1. The summed E-state index contributed by atoms with van der Waals surface area (Å²) in [6.45, 7) is 0.801. The molecule has 0 spiro atoms. The van der Waals surface area contributed by atoms with Crippen molar-refractivity contribution in [3.63, 3.8) is 0 Å². The number of esters is 1. The van der Waals surface area contributed by atoms with Crippen molar-refractivity contribution < 1.29 is 17.9 Å². The molecule has 1 heterocycles. The average Bonchev–Trinajstić information content (AvgIpc) is 2.55. The summed E-state index contributed by atoms with van der Waals surface area (Å²) in [5.74, 6) is -0.0102. The third-order valence-corrected chi connectivity index (χ3v) is 4.78. The predicted molar refractivity (Wildman–Crippen MR) is 82.9 cm³/mol. The van der Waals surface area contributed by atoms with Crippen molar-refractivity contribution in [3.8, 4) is 0 Å². The molecular weight excluding hydrogens is 304 g/mol. The molecule has 2 rings (SSSR count). The molecule has 0 bridgehead atoms. The first-order valence-corrected chi connectivity index (χ1v) is 8.65. The zero-order valence-electron chi connectivity index (χ0n) is 12.7. The molecule has 0 amide bonds. The molecule has 1 aromatic heterocycles. The summed E-state index contributed by atoms with van der Waals surface area (Å²) in [4.78, 5) is 15.5. The van der Waals surface area contributed by atoms with E-state index in [1.54, 1.807) is 12.1 Å². The van der Waals surface area contributed by atoms with Gasteiger partial charge in [0.15, 0.2) is 0 Å². The molecule has 1 saturated carbocycles. The van der Waals surface area contributed by atoms with Gasteiger partial charge >= 0.3 is 5.97 Å². The zero-order chi connectivity index (χ0) is 15.9. The van der Waals surface area contributed by atoms with Crippen molar-refractivity contribution in [3.05, 3.63) is 29.6 Å². The molecule has 1 fully saturated rings.